The first-order valence-corrected chi connectivity index (χ1v) is 8.65. The van der Waals surface area contributed by atoms with Crippen molar-refractivity contribution in [1.29, 1.82) is 0 Å². The zero-order valence-corrected chi connectivity index (χ0v) is 14.0. The first-order chi connectivity index (χ1) is 12.1. The summed E-state index contributed by atoms with van der Waals surface area (Å²) in [4.78, 5) is 27.7. The van der Waals surface area contributed by atoms with Gasteiger partial charge in [-0.05, 0) is 17.7 Å². The van der Waals surface area contributed by atoms with Crippen molar-refractivity contribution in [2.75, 3.05) is 5.75 Å². The van der Waals surface area contributed by atoms with Gasteiger partial charge in [0.15, 0.2) is 5.58 Å². The van der Waals surface area contributed by atoms with E-state index in [1.165, 1.54) is 0 Å². The number of benzene rings is 2. The van der Waals surface area contributed by atoms with Crippen molar-refractivity contribution < 1.29 is 19.1 Å². The van der Waals surface area contributed by atoms with Gasteiger partial charge in [-0.25, -0.2) is 9.78 Å². The molecular formula is C18H16N2O4S. The molecule has 3 rings (SSSR count). The van der Waals surface area contributed by atoms with Crippen LogP contribution in [-0.2, 0) is 16.0 Å². The minimum Gasteiger partial charge on any atom is -0.480 e. The monoisotopic (exact) mass is 356 g/mol. The van der Waals surface area contributed by atoms with Gasteiger partial charge < -0.3 is 14.8 Å². The lowest BCUT2D eigenvalue weighted by molar-refractivity contribution is -0.141. The number of carboxylic acids is 1. The Morgan fingerprint density at radius 2 is 1.84 bits per heavy atom. The smallest absolute Gasteiger partial charge is 0.326 e. The number of carboxylic acid groups (broad SMARTS) is 1. The van der Waals surface area contributed by atoms with Crippen LogP contribution in [0.3, 0.4) is 0 Å². The van der Waals surface area contributed by atoms with Gasteiger partial charge in [0.05, 0.1) is 5.75 Å². The van der Waals surface area contributed by atoms with E-state index in [9.17, 15) is 14.7 Å². The van der Waals surface area contributed by atoms with Crippen molar-refractivity contribution in [3.8, 4) is 0 Å². The SMILES string of the molecule is O=C(CSc1nc2ccccc2o1)N[C@H](Cc1ccccc1)C(=O)O. The van der Waals surface area contributed by atoms with Crippen LogP contribution in [0, 0.1) is 0 Å². The molecule has 0 bridgehead atoms. The van der Waals surface area contributed by atoms with E-state index >= 15 is 0 Å². The summed E-state index contributed by atoms with van der Waals surface area (Å²) in [6, 6.07) is 15.5. The zero-order valence-electron chi connectivity index (χ0n) is 13.2. The van der Waals surface area contributed by atoms with E-state index in [0.29, 0.717) is 10.8 Å². The molecule has 0 unspecified atom stereocenters. The van der Waals surface area contributed by atoms with E-state index in [0.717, 1.165) is 22.8 Å². The molecule has 0 saturated heterocycles. The number of nitrogens with zero attached hydrogens (tertiary/aromatic N) is 1. The van der Waals surface area contributed by atoms with Gasteiger partial charge in [-0.2, -0.15) is 0 Å². The van der Waals surface area contributed by atoms with Crippen LogP contribution in [0.2, 0.25) is 0 Å². The Morgan fingerprint density at radius 1 is 1.12 bits per heavy atom. The Morgan fingerprint density at radius 3 is 2.56 bits per heavy atom. The number of oxazole rings is 1. The van der Waals surface area contributed by atoms with Gasteiger partial charge in [0.1, 0.15) is 11.6 Å². The molecule has 3 aromatic rings. The van der Waals surface area contributed by atoms with Crippen molar-refractivity contribution in [1.82, 2.24) is 10.3 Å². The average molecular weight is 356 g/mol. The molecule has 1 amide bonds. The summed E-state index contributed by atoms with van der Waals surface area (Å²) < 4.78 is 5.52. The average Bonchev–Trinajstić information content (AvgIpc) is 3.03. The Labute approximate surface area is 148 Å². The van der Waals surface area contributed by atoms with Crippen LogP contribution >= 0.6 is 11.8 Å². The molecule has 2 N–H and O–H groups in total. The number of carbonyl (C=O) groups is 2. The molecule has 1 heterocycles. The molecule has 6 nitrogen and oxygen atoms in total. The summed E-state index contributed by atoms with van der Waals surface area (Å²) in [7, 11) is 0. The quantitative estimate of drug-likeness (QED) is 0.633. The fourth-order valence-corrected chi connectivity index (χ4v) is 2.98. The summed E-state index contributed by atoms with van der Waals surface area (Å²) >= 11 is 1.13. The zero-order chi connectivity index (χ0) is 17.6. The Balaban J connectivity index is 1.57. The van der Waals surface area contributed by atoms with Crippen molar-refractivity contribution >= 4 is 34.7 Å². The first kappa shape index (κ1) is 17.0. The molecule has 2 aromatic carbocycles. The maximum atomic E-state index is 12.1. The van der Waals surface area contributed by atoms with Crippen LogP contribution in [0.4, 0.5) is 0 Å². The molecule has 1 atom stereocenters. The number of nitrogens with one attached hydrogen (secondary N) is 1. The molecule has 1 aromatic heterocycles. The number of hydrogen-bond acceptors (Lipinski definition) is 5. The molecular weight excluding hydrogens is 340 g/mol. The predicted molar refractivity (Wildman–Crippen MR) is 94.4 cm³/mol. The van der Waals surface area contributed by atoms with Crippen LogP contribution in [0.1, 0.15) is 5.56 Å². The topological polar surface area (TPSA) is 92.4 Å². The number of thioether (sulfide) groups is 1. The second-order valence-corrected chi connectivity index (χ2v) is 6.31. The molecule has 25 heavy (non-hydrogen) atoms. The van der Waals surface area contributed by atoms with Crippen LogP contribution in [0.15, 0.2) is 64.2 Å². The van der Waals surface area contributed by atoms with Crippen LogP contribution in [0.5, 0.6) is 0 Å². The van der Waals surface area contributed by atoms with Crippen molar-refractivity contribution in [2.45, 2.75) is 17.7 Å². The molecule has 0 fully saturated rings. The van der Waals surface area contributed by atoms with Crippen molar-refractivity contribution in [2.24, 2.45) is 0 Å². The third-order valence-corrected chi connectivity index (χ3v) is 4.35. The van der Waals surface area contributed by atoms with Gasteiger partial charge >= 0.3 is 5.97 Å². The molecule has 0 aliphatic rings. The van der Waals surface area contributed by atoms with Crippen molar-refractivity contribution in [3.05, 3.63) is 60.2 Å². The van der Waals surface area contributed by atoms with Gasteiger partial charge in [-0.15, -0.1) is 0 Å². The van der Waals surface area contributed by atoms with Gasteiger partial charge in [-0.1, -0.05) is 54.2 Å². The second kappa shape index (κ2) is 7.85. The molecule has 0 saturated carbocycles. The van der Waals surface area contributed by atoms with E-state index < -0.39 is 12.0 Å². The standard InChI is InChI=1S/C18H16N2O4S/c21-16(11-25-18-20-13-8-4-5-9-15(13)24-18)19-14(17(22)23)10-12-6-2-1-3-7-12/h1-9,14H,10-11H2,(H,19,21)(H,22,23)/t14-/m1/s1. The van der Waals surface area contributed by atoms with Crippen LogP contribution in [-0.4, -0.2) is 33.8 Å². The third kappa shape index (κ3) is 4.60. The number of aromatic nitrogens is 1. The molecule has 0 radical (unpaired) electrons. The lowest BCUT2D eigenvalue weighted by Crippen LogP contribution is -2.43. The lowest BCUT2D eigenvalue weighted by atomic mass is 10.1. The summed E-state index contributed by atoms with van der Waals surface area (Å²) in [6.45, 7) is 0. The highest BCUT2D eigenvalue weighted by Gasteiger charge is 2.20. The summed E-state index contributed by atoms with van der Waals surface area (Å²) in [5, 5.41) is 12.2. The van der Waals surface area contributed by atoms with Crippen LogP contribution < -0.4 is 5.32 Å². The number of carbonyl (C=O) groups excluding carboxylic acids is 1. The third-order valence-electron chi connectivity index (χ3n) is 3.52. The molecule has 128 valence electrons. The summed E-state index contributed by atoms with van der Waals surface area (Å²) in [5.41, 5.74) is 2.22. The summed E-state index contributed by atoms with van der Waals surface area (Å²) in [6.07, 6.45) is 0.232. The van der Waals surface area contributed by atoms with Gasteiger partial charge in [0.25, 0.3) is 5.22 Å². The number of fused-ring (bicyclic) bond motifs is 1. The van der Waals surface area contributed by atoms with E-state index in [2.05, 4.69) is 10.3 Å². The predicted octanol–water partition coefficient (Wildman–Crippen LogP) is 2.73. The highest BCUT2D eigenvalue weighted by atomic mass is 32.2. The maximum Gasteiger partial charge on any atom is 0.326 e. The first-order valence-electron chi connectivity index (χ1n) is 7.66. The molecule has 0 spiro atoms. The molecule has 7 heteroatoms. The van der Waals surface area contributed by atoms with E-state index in [1.807, 2.05) is 48.5 Å². The summed E-state index contributed by atoms with van der Waals surface area (Å²) in [5.74, 6) is -1.41. The molecule has 0 aliphatic heterocycles. The Hall–Kier alpha value is -2.80. The highest BCUT2D eigenvalue weighted by Crippen LogP contribution is 2.22. The fourth-order valence-electron chi connectivity index (χ4n) is 2.33. The number of aliphatic carboxylic acids is 1. The van der Waals surface area contributed by atoms with Gasteiger partial charge in [0.2, 0.25) is 5.91 Å². The van der Waals surface area contributed by atoms with Gasteiger partial charge in [-0.3, -0.25) is 4.79 Å². The number of amides is 1. The van der Waals surface area contributed by atoms with E-state index in [-0.39, 0.29) is 18.1 Å². The normalized spacial score (nSPS) is 12.0. The number of rotatable bonds is 7. The number of hydrogen-bond donors (Lipinski definition) is 2. The maximum absolute atomic E-state index is 12.1. The molecule has 0 aliphatic carbocycles. The van der Waals surface area contributed by atoms with E-state index in [4.69, 9.17) is 4.42 Å². The Bertz CT molecular complexity index is 846. The van der Waals surface area contributed by atoms with Crippen molar-refractivity contribution in [3.63, 3.8) is 0 Å². The second-order valence-electron chi connectivity index (χ2n) is 5.38. The van der Waals surface area contributed by atoms with Crippen LogP contribution in [0.25, 0.3) is 11.1 Å². The minimum absolute atomic E-state index is 0.0331. The largest absolute Gasteiger partial charge is 0.480 e. The number of para-hydroxylation sites is 2. The minimum atomic E-state index is -1.07. The fraction of sp³-hybridized carbons (Fsp3) is 0.167. The highest BCUT2D eigenvalue weighted by molar-refractivity contribution is 7.99. The Kier molecular flexibility index (Phi) is 5.35. The lowest BCUT2D eigenvalue weighted by Gasteiger charge is -2.14. The van der Waals surface area contributed by atoms with Gasteiger partial charge in [0, 0.05) is 6.42 Å². The van der Waals surface area contributed by atoms with E-state index in [1.54, 1.807) is 6.07 Å².